The molecule has 0 saturated heterocycles. The molecular formula is C14H32O4Ti. The van der Waals surface area contributed by atoms with Crippen LogP contribution in [-0.4, -0.2) is 35.0 Å². The van der Waals surface area contributed by atoms with Gasteiger partial charge < -0.3 is 19.8 Å². The summed E-state index contributed by atoms with van der Waals surface area (Å²) in [5.74, 6) is 0.333. The van der Waals surface area contributed by atoms with Crippen LogP contribution in [-0.2, 0) is 31.3 Å². The van der Waals surface area contributed by atoms with Gasteiger partial charge in [-0.15, -0.1) is 0 Å². The van der Waals surface area contributed by atoms with Gasteiger partial charge in [0.1, 0.15) is 11.6 Å². The zero-order valence-corrected chi connectivity index (χ0v) is 15.0. The number of unbranched alkanes of at least 4 members (excludes halogenated alkanes) is 2. The Morgan fingerprint density at radius 2 is 0.895 bits per heavy atom. The average Bonchev–Trinajstić information content (AvgIpc) is 2.19. The smallest absolute Gasteiger partial charge is 0.126 e. The van der Waals surface area contributed by atoms with Crippen LogP contribution in [0.1, 0.15) is 67.2 Å². The molecule has 0 aromatic carbocycles. The number of carbonyl (C=O) groups excluding carboxylic acids is 2. The molecule has 0 aliphatic carbocycles. The number of aliphatic hydroxyl groups excluding tert-OH is 2. The number of aliphatic hydroxyl groups is 2. The van der Waals surface area contributed by atoms with Gasteiger partial charge in [-0.05, 0) is 40.5 Å². The predicted molar refractivity (Wildman–Crippen MR) is 76.7 cm³/mol. The van der Waals surface area contributed by atoms with Crippen LogP contribution in [0.15, 0.2) is 0 Å². The molecule has 2 N–H and O–H groups in total. The fourth-order valence-corrected chi connectivity index (χ4v) is 0.316. The van der Waals surface area contributed by atoms with E-state index < -0.39 is 0 Å². The third-order valence-corrected chi connectivity index (χ3v) is 1.02. The summed E-state index contributed by atoms with van der Waals surface area (Å²) in [6.07, 6.45) is 4.08. The topological polar surface area (TPSA) is 74.6 Å². The maximum atomic E-state index is 9.44. The van der Waals surface area contributed by atoms with Gasteiger partial charge in [0.25, 0.3) is 0 Å². The molecule has 0 heterocycles. The van der Waals surface area contributed by atoms with Gasteiger partial charge in [-0.3, -0.25) is 0 Å². The minimum atomic E-state index is 0. The Labute approximate surface area is 133 Å². The monoisotopic (exact) mass is 312 g/mol. The third-order valence-electron chi connectivity index (χ3n) is 1.02. The molecule has 0 radical (unpaired) electrons. The van der Waals surface area contributed by atoms with E-state index in [0.29, 0.717) is 13.2 Å². The standard InChI is InChI=1S/2C4H10O.2C3H6O.Ti/c2*1-2-3-4-5;2*1-3(2)4;/h2*5H,2-4H2,1H3;2*1-2H3;. The number of ketones is 2. The molecule has 0 aromatic rings. The van der Waals surface area contributed by atoms with Crippen LogP contribution in [0.4, 0.5) is 0 Å². The molecule has 4 nitrogen and oxygen atoms in total. The summed E-state index contributed by atoms with van der Waals surface area (Å²) in [6.45, 7) is 10.9. The second-order valence-electron chi connectivity index (χ2n) is 3.97. The van der Waals surface area contributed by atoms with Gasteiger partial charge in [0.15, 0.2) is 0 Å². The van der Waals surface area contributed by atoms with E-state index >= 15 is 0 Å². The molecule has 0 bridgehead atoms. The SMILES string of the molecule is CC(C)=O.CC(C)=O.CCCCO.CCCCO.[Ti]. The summed E-state index contributed by atoms with van der Waals surface area (Å²) < 4.78 is 0. The minimum Gasteiger partial charge on any atom is -0.396 e. The largest absolute Gasteiger partial charge is 0.396 e. The molecule has 0 rings (SSSR count). The van der Waals surface area contributed by atoms with Crippen molar-refractivity contribution in [3.8, 4) is 0 Å². The maximum Gasteiger partial charge on any atom is 0.126 e. The van der Waals surface area contributed by atoms with Gasteiger partial charge in [0.2, 0.25) is 0 Å². The first-order valence-corrected chi connectivity index (χ1v) is 6.45. The zero-order chi connectivity index (χ0) is 15.4. The number of Topliss-reactive ketones (excluding diaryl/α,β-unsaturated/α-hetero) is 2. The maximum absolute atomic E-state index is 9.44. The Kier molecular flexibility index (Phi) is 59.7. The predicted octanol–water partition coefficient (Wildman–Crippen LogP) is 2.75. The van der Waals surface area contributed by atoms with Crippen LogP contribution in [0.2, 0.25) is 0 Å². The van der Waals surface area contributed by atoms with E-state index in [1.54, 1.807) is 0 Å². The number of hydrogen-bond donors (Lipinski definition) is 2. The molecule has 0 aliphatic rings. The van der Waals surface area contributed by atoms with Crippen LogP contribution in [0, 0.1) is 0 Å². The van der Waals surface area contributed by atoms with Crippen molar-refractivity contribution in [3.63, 3.8) is 0 Å². The molecule has 5 heteroatoms. The van der Waals surface area contributed by atoms with E-state index in [-0.39, 0.29) is 33.3 Å². The van der Waals surface area contributed by atoms with E-state index in [0.717, 1.165) is 25.7 Å². The second kappa shape index (κ2) is 36.1. The van der Waals surface area contributed by atoms with Crippen molar-refractivity contribution < 1.29 is 41.5 Å². The first-order valence-electron chi connectivity index (χ1n) is 6.45. The van der Waals surface area contributed by atoms with Crippen molar-refractivity contribution in [2.75, 3.05) is 13.2 Å². The first kappa shape index (κ1) is 31.4. The summed E-state index contributed by atoms with van der Waals surface area (Å²) in [7, 11) is 0. The van der Waals surface area contributed by atoms with Crippen LogP contribution in [0.5, 0.6) is 0 Å². The number of carbonyl (C=O) groups is 2. The fourth-order valence-electron chi connectivity index (χ4n) is 0.316. The van der Waals surface area contributed by atoms with Crippen LogP contribution in [0.3, 0.4) is 0 Å². The third kappa shape index (κ3) is 290. The average molecular weight is 312 g/mol. The van der Waals surface area contributed by atoms with Gasteiger partial charge in [-0.2, -0.15) is 0 Å². The van der Waals surface area contributed by atoms with Crippen molar-refractivity contribution >= 4 is 11.6 Å². The molecule has 0 spiro atoms. The summed E-state index contributed by atoms with van der Waals surface area (Å²) in [6, 6.07) is 0. The van der Waals surface area contributed by atoms with Crippen molar-refractivity contribution in [2.45, 2.75) is 67.2 Å². The molecule has 0 fully saturated rings. The fraction of sp³-hybridized carbons (Fsp3) is 0.857. The van der Waals surface area contributed by atoms with Crippen molar-refractivity contribution in [1.82, 2.24) is 0 Å². The van der Waals surface area contributed by atoms with Crippen LogP contribution >= 0.6 is 0 Å². The van der Waals surface area contributed by atoms with Gasteiger partial charge in [-0.1, -0.05) is 26.7 Å². The Morgan fingerprint density at radius 3 is 0.895 bits per heavy atom. The first-order chi connectivity index (χ1) is 8.29. The molecule has 0 aliphatic heterocycles. The Balaban J connectivity index is -0.0000000453. The van der Waals surface area contributed by atoms with E-state index in [1.165, 1.54) is 27.7 Å². The van der Waals surface area contributed by atoms with E-state index in [1.807, 2.05) is 0 Å². The molecule has 0 saturated carbocycles. The van der Waals surface area contributed by atoms with E-state index in [4.69, 9.17) is 10.2 Å². The summed E-state index contributed by atoms with van der Waals surface area (Å²) >= 11 is 0. The summed E-state index contributed by atoms with van der Waals surface area (Å²) in [4.78, 5) is 18.9. The minimum absolute atomic E-state index is 0. The summed E-state index contributed by atoms with van der Waals surface area (Å²) in [5.41, 5.74) is 0. The van der Waals surface area contributed by atoms with Crippen molar-refractivity contribution in [2.24, 2.45) is 0 Å². The normalized spacial score (nSPS) is 7.16. The second-order valence-corrected chi connectivity index (χ2v) is 3.97. The van der Waals surface area contributed by atoms with Crippen molar-refractivity contribution in [3.05, 3.63) is 0 Å². The molecule has 19 heavy (non-hydrogen) atoms. The zero-order valence-electron chi connectivity index (χ0n) is 13.5. The molecule has 116 valence electrons. The van der Waals surface area contributed by atoms with Crippen molar-refractivity contribution in [1.29, 1.82) is 0 Å². The molecule has 0 aromatic heterocycles. The number of rotatable bonds is 4. The Hall–Kier alpha value is -0.0257. The van der Waals surface area contributed by atoms with E-state index in [2.05, 4.69) is 13.8 Å². The Bertz CT molecular complexity index is 132. The number of hydrogen-bond acceptors (Lipinski definition) is 4. The molecule has 0 unspecified atom stereocenters. The Morgan fingerprint density at radius 1 is 0.737 bits per heavy atom. The molecule has 0 atom stereocenters. The quantitative estimate of drug-likeness (QED) is 0.783. The molecular weight excluding hydrogens is 280 g/mol. The van der Waals surface area contributed by atoms with Crippen LogP contribution in [0.25, 0.3) is 0 Å². The molecule has 0 amide bonds. The van der Waals surface area contributed by atoms with Gasteiger partial charge in [0, 0.05) is 34.9 Å². The summed E-state index contributed by atoms with van der Waals surface area (Å²) in [5, 5.41) is 16.1. The van der Waals surface area contributed by atoms with Crippen LogP contribution < -0.4 is 0 Å². The van der Waals surface area contributed by atoms with E-state index in [9.17, 15) is 9.59 Å². The van der Waals surface area contributed by atoms with Gasteiger partial charge >= 0.3 is 0 Å². The van der Waals surface area contributed by atoms with Gasteiger partial charge in [-0.25, -0.2) is 0 Å². The van der Waals surface area contributed by atoms with Gasteiger partial charge in [0.05, 0.1) is 0 Å².